The number of carbonyl (C=O) groups excluding carboxylic acids is 1. The second kappa shape index (κ2) is 6.33. The quantitative estimate of drug-likeness (QED) is 0.691. The molecule has 122 valence electrons. The van der Waals surface area contributed by atoms with Crippen LogP contribution >= 0.6 is 11.6 Å². The summed E-state index contributed by atoms with van der Waals surface area (Å²) in [6.45, 7) is 1.66. The number of aromatic nitrogens is 2. The highest BCUT2D eigenvalue weighted by Gasteiger charge is 2.23. The van der Waals surface area contributed by atoms with E-state index >= 15 is 0 Å². The molecular formula is C17H13ClN2O4. The van der Waals surface area contributed by atoms with Gasteiger partial charge in [0.15, 0.2) is 5.78 Å². The zero-order valence-corrected chi connectivity index (χ0v) is 13.4. The molecule has 0 radical (unpaired) electrons. The van der Waals surface area contributed by atoms with Crippen molar-refractivity contribution >= 4 is 23.4 Å². The number of carboxylic acids is 1. The smallest absolute Gasteiger partial charge is 0.309 e. The molecule has 0 aliphatic heterocycles. The number of nitrogens with zero attached hydrogens (tertiary/aromatic N) is 1. The number of H-pyrrole nitrogens is 1. The highest BCUT2D eigenvalue weighted by atomic mass is 35.5. The van der Waals surface area contributed by atoms with Crippen molar-refractivity contribution in [3.63, 3.8) is 0 Å². The number of hydrogen-bond acceptors (Lipinski definition) is 4. The lowest BCUT2D eigenvalue weighted by atomic mass is 9.99. The van der Waals surface area contributed by atoms with E-state index in [9.17, 15) is 9.59 Å². The number of aromatic amines is 1. The third-order valence-corrected chi connectivity index (χ3v) is 3.81. The van der Waals surface area contributed by atoms with Crippen LogP contribution in [0.2, 0.25) is 5.02 Å². The Bertz CT molecular complexity index is 909. The number of aliphatic carboxylic acids is 1. The van der Waals surface area contributed by atoms with Crippen LogP contribution in [0.3, 0.4) is 0 Å². The second-order valence-electron chi connectivity index (χ2n) is 5.28. The standard InChI is InChI=1S/C17H13ClN2O4/c1-9-15(16(20-24-9)10-2-4-12(18)5-3-10)17(23)11-6-13(19-8-11)7-14(21)22/h2-6,8,19H,7H2,1H3,(H,21,22). The van der Waals surface area contributed by atoms with E-state index in [1.165, 1.54) is 12.3 Å². The van der Waals surface area contributed by atoms with Gasteiger partial charge in [0.1, 0.15) is 11.5 Å². The van der Waals surface area contributed by atoms with Crippen LogP contribution < -0.4 is 0 Å². The van der Waals surface area contributed by atoms with Crippen LogP contribution in [-0.2, 0) is 11.2 Å². The number of halogens is 1. The van der Waals surface area contributed by atoms with Crippen molar-refractivity contribution in [3.05, 3.63) is 64.1 Å². The average molecular weight is 345 g/mol. The van der Waals surface area contributed by atoms with Gasteiger partial charge >= 0.3 is 5.97 Å². The third kappa shape index (κ3) is 3.09. The molecule has 6 nitrogen and oxygen atoms in total. The first-order chi connectivity index (χ1) is 11.5. The number of carbonyl (C=O) groups is 2. The molecule has 0 atom stereocenters. The summed E-state index contributed by atoms with van der Waals surface area (Å²) in [6, 6.07) is 8.44. The first-order valence-electron chi connectivity index (χ1n) is 7.11. The van der Waals surface area contributed by atoms with E-state index in [2.05, 4.69) is 10.1 Å². The molecule has 2 heterocycles. The fourth-order valence-corrected chi connectivity index (χ4v) is 2.55. The summed E-state index contributed by atoms with van der Waals surface area (Å²) in [7, 11) is 0. The van der Waals surface area contributed by atoms with Crippen molar-refractivity contribution in [1.82, 2.24) is 10.1 Å². The number of hydrogen-bond donors (Lipinski definition) is 2. The van der Waals surface area contributed by atoms with Gasteiger partial charge < -0.3 is 14.6 Å². The van der Waals surface area contributed by atoms with Gasteiger partial charge in [0.25, 0.3) is 0 Å². The highest BCUT2D eigenvalue weighted by Crippen LogP contribution is 2.28. The summed E-state index contributed by atoms with van der Waals surface area (Å²) < 4.78 is 5.19. The van der Waals surface area contributed by atoms with E-state index in [4.69, 9.17) is 21.2 Å². The Hall–Kier alpha value is -2.86. The van der Waals surface area contributed by atoms with Gasteiger partial charge in [-0.3, -0.25) is 9.59 Å². The molecule has 0 fully saturated rings. The molecule has 0 aliphatic rings. The maximum absolute atomic E-state index is 12.8. The van der Waals surface area contributed by atoms with Gasteiger partial charge in [0.05, 0.1) is 12.0 Å². The fourth-order valence-electron chi connectivity index (χ4n) is 2.43. The number of nitrogens with one attached hydrogen (secondary N) is 1. The number of benzene rings is 1. The predicted octanol–water partition coefficient (Wildman–Crippen LogP) is 3.49. The molecular weight excluding hydrogens is 332 g/mol. The van der Waals surface area contributed by atoms with Crippen LogP contribution in [0.5, 0.6) is 0 Å². The lowest BCUT2D eigenvalue weighted by Gasteiger charge is -2.01. The minimum absolute atomic E-state index is 0.181. The molecule has 1 aromatic carbocycles. The molecule has 0 bridgehead atoms. The topological polar surface area (TPSA) is 96.2 Å². The molecule has 0 unspecified atom stereocenters. The Balaban J connectivity index is 1.98. The van der Waals surface area contributed by atoms with Crippen LogP contribution in [0.15, 0.2) is 41.1 Å². The van der Waals surface area contributed by atoms with Gasteiger partial charge in [0.2, 0.25) is 0 Å². The van der Waals surface area contributed by atoms with Crippen molar-refractivity contribution in [2.45, 2.75) is 13.3 Å². The van der Waals surface area contributed by atoms with Crippen LogP contribution in [0.25, 0.3) is 11.3 Å². The second-order valence-corrected chi connectivity index (χ2v) is 5.72. The van der Waals surface area contributed by atoms with E-state index in [0.29, 0.717) is 38.9 Å². The SMILES string of the molecule is Cc1onc(-c2ccc(Cl)cc2)c1C(=O)c1c[nH]c(CC(=O)O)c1. The summed E-state index contributed by atoms with van der Waals surface area (Å²) in [5.74, 6) is -0.864. The van der Waals surface area contributed by atoms with Gasteiger partial charge in [-0.2, -0.15) is 0 Å². The van der Waals surface area contributed by atoms with Crippen molar-refractivity contribution < 1.29 is 19.2 Å². The Morgan fingerprint density at radius 1 is 1.29 bits per heavy atom. The Morgan fingerprint density at radius 2 is 2.00 bits per heavy atom. The summed E-state index contributed by atoms with van der Waals surface area (Å²) in [6.07, 6.45) is 1.30. The summed E-state index contributed by atoms with van der Waals surface area (Å²) >= 11 is 5.88. The van der Waals surface area contributed by atoms with Gasteiger partial charge in [0, 0.05) is 28.0 Å². The molecule has 7 heteroatoms. The molecule has 0 amide bonds. The molecule has 3 aromatic rings. The largest absolute Gasteiger partial charge is 0.481 e. The van der Waals surface area contributed by atoms with E-state index in [0.717, 1.165) is 0 Å². The van der Waals surface area contributed by atoms with Gasteiger partial charge in [-0.15, -0.1) is 0 Å². The van der Waals surface area contributed by atoms with Crippen LogP contribution in [0.1, 0.15) is 27.4 Å². The number of rotatable bonds is 5. The maximum Gasteiger partial charge on any atom is 0.309 e. The van der Waals surface area contributed by atoms with E-state index < -0.39 is 5.97 Å². The average Bonchev–Trinajstić information content (AvgIpc) is 3.14. The molecule has 2 N–H and O–H groups in total. The van der Waals surface area contributed by atoms with Crippen molar-refractivity contribution in [1.29, 1.82) is 0 Å². The molecule has 0 aliphatic carbocycles. The fraction of sp³-hybridized carbons (Fsp3) is 0.118. The Labute approximate surface area is 142 Å². The molecule has 24 heavy (non-hydrogen) atoms. The van der Waals surface area contributed by atoms with E-state index in [1.807, 2.05) is 0 Å². The lowest BCUT2D eigenvalue weighted by molar-refractivity contribution is -0.136. The van der Waals surface area contributed by atoms with Gasteiger partial charge in [-0.25, -0.2) is 0 Å². The number of carboxylic acid groups (broad SMARTS) is 1. The molecule has 0 saturated carbocycles. The Kier molecular flexibility index (Phi) is 4.22. The minimum atomic E-state index is -0.973. The van der Waals surface area contributed by atoms with Crippen LogP contribution in [0.4, 0.5) is 0 Å². The summed E-state index contributed by atoms with van der Waals surface area (Å²) in [5, 5.41) is 13.4. The Morgan fingerprint density at radius 3 is 2.67 bits per heavy atom. The molecule has 2 aromatic heterocycles. The molecule has 0 saturated heterocycles. The third-order valence-electron chi connectivity index (χ3n) is 3.55. The lowest BCUT2D eigenvalue weighted by Crippen LogP contribution is -2.03. The summed E-state index contributed by atoms with van der Waals surface area (Å²) in [4.78, 5) is 26.3. The maximum atomic E-state index is 12.8. The zero-order chi connectivity index (χ0) is 17.3. The first kappa shape index (κ1) is 16.0. The predicted molar refractivity (Wildman–Crippen MR) is 87.3 cm³/mol. The number of ketones is 1. The highest BCUT2D eigenvalue weighted by molar-refractivity contribution is 6.30. The summed E-state index contributed by atoms with van der Waals surface area (Å²) in [5.41, 5.74) is 2.29. The first-order valence-corrected chi connectivity index (χ1v) is 7.49. The van der Waals surface area contributed by atoms with Gasteiger partial charge in [-0.1, -0.05) is 28.9 Å². The van der Waals surface area contributed by atoms with Gasteiger partial charge in [-0.05, 0) is 25.1 Å². The van der Waals surface area contributed by atoms with Crippen molar-refractivity contribution in [3.8, 4) is 11.3 Å². The number of aryl methyl sites for hydroxylation is 1. The van der Waals surface area contributed by atoms with Crippen molar-refractivity contribution in [2.75, 3.05) is 0 Å². The van der Waals surface area contributed by atoms with Crippen LogP contribution in [-0.4, -0.2) is 27.0 Å². The monoisotopic (exact) mass is 344 g/mol. The zero-order valence-electron chi connectivity index (χ0n) is 12.7. The molecule has 3 rings (SSSR count). The minimum Gasteiger partial charge on any atom is -0.481 e. The normalized spacial score (nSPS) is 10.8. The van der Waals surface area contributed by atoms with Crippen molar-refractivity contribution in [2.24, 2.45) is 0 Å². The van der Waals surface area contributed by atoms with E-state index in [1.54, 1.807) is 31.2 Å². The van der Waals surface area contributed by atoms with Crippen LogP contribution in [0, 0.1) is 6.92 Å². The molecule has 0 spiro atoms. The van der Waals surface area contributed by atoms with E-state index in [-0.39, 0.29) is 12.2 Å².